The molecule has 0 bridgehead atoms. The Bertz CT molecular complexity index is 1990. The first kappa shape index (κ1) is 26.3. The molecular weight excluding hydrogens is 558 g/mol. The van der Waals surface area contributed by atoms with Crippen LogP contribution in [0.4, 0.5) is 17.3 Å². The number of rotatable bonds is 8. The predicted molar refractivity (Wildman–Crippen MR) is 159 cm³/mol. The van der Waals surface area contributed by atoms with Crippen molar-refractivity contribution < 1.29 is 13.2 Å². The van der Waals surface area contributed by atoms with Crippen molar-refractivity contribution in [1.29, 1.82) is 0 Å². The number of amides is 1. The lowest BCUT2D eigenvalue weighted by Crippen LogP contribution is -2.14. The molecule has 204 valence electrons. The van der Waals surface area contributed by atoms with E-state index in [1.165, 1.54) is 23.5 Å². The van der Waals surface area contributed by atoms with Gasteiger partial charge in [-0.2, -0.15) is 0 Å². The summed E-state index contributed by atoms with van der Waals surface area (Å²) in [5.74, 6) is 0.157. The molecule has 6 aromatic rings. The van der Waals surface area contributed by atoms with Crippen LogP contribution in [0.15, 0.2) is 108 Å². The highest BCUT2D eigenvalue weighted by atomic mass is 32.2. The molecule has 4 N–H and O–H groups in total. The van der Waals surface area contributed by atoms with Gasteiger partial charge in [0.15, 0.2) is 4.96 Å². The standard InChI is InChI=1S/C29H23N7O3S2/c30-41(38,39)23-11-5-10-22(18-23)33-28-31-13-12-24(34-28)27-26(35-29-36(27)14-15-40-29)20-8-4-9-21(17-20)32-25(37)16-19-6-2-1-3-7-19/h1-15,17-18H,16H2,(H,32,37)(H2,30,38,39)(H,31,33,34). The highest BCUT2D eigenvalue weighted by Gasteiger charge is 2.19. The maximum Gasteiger partial charge on any atom is 0.238 e. The van der Waals surface area contributed by atoms with Crippen LogP contribution in [-0.4, -0.2) is 33.7 Å². The van der Waals surface area contributed by atoms with Crippen molar-refractivity contribution in [2.75, 3.05) is 10.6 Å². The van der Waals surface area contributed by atoms with E-state index in [4.69, 9.17) is 15.1 Å². The zero-order valence-corrected chi connectivity index (χ0v) is 23.1. The van der Waals surface area contributed by atoms with Gasteiger partial charge in [-0.1, -0.05) is 48.5 Å². The zero-order chi connectivity index (χ0) is 28.4. The second kappa shape index (κ2) is 10.9. The largest absolute Gasteiger partial charge is 0.326 e. The van der Waals surface area contributed by atoms with E-state index in [9.17, 15) is 13.2 Å². The van der Waals surface area contributed by atoms with Crippen LogP contribution in [-0.2, 0) is 21.2 Å². The molecule has 0 unspecified atom stereocenters. The van der Waals surface area contributed by atoms with Gasteiger partial charge in [0.1, 0.15) is 5.69 Å². The number of aromatic nitrogens is 4. The molecule has 0 aliphatic heterocycles. The van der Waals surface area contributed by atoms with Gasteiger partial charge < -0.3 is 10.6 Å². The molecule has 0 saturated carbocycles. The van der Waals surface area contributed by atoms with Gasteiger partial charge >= 0.3 is 0 Å². The number of primary sulfonamides is 1. The summed E-state index contributed by atoms with van der Waals surface area (Å²) < 4.78 is 25.5. The van der Waals surface area contributed by atoms with Gasteiger partial charge in [0.25, 0.3) is 0 Å². The third-order valence-electron chi connectivity index (χ3n) is 6.21. The van der Waals surface area contributed by atoms with E-state index < -0.39 is 10.0 Å². The highest BCUT2D eigenvalue weighted by Crippen LogP contribution is 2.35. The minimum atomic E-state index is -3.86. The second-order valence-electron chi connectivity index (χ2n) is 9.12. The molecule has 12 heteroatoms. The Hall–Kier alpha value is -4.91. The molecule has 6 rings (SSSR count). The monoisotopic (exact) mass is 581 g/mol. The number of anilines is 3. The number of hydrogen-bond acceptors (Lipinski definition) is 8. The number of carbonyl (C=O) groups excluding carboxylic acids is 1. The van der Waals surface area contributed by atoms with E-state index in [1.54, 1.807) is 24.4 Å². The van der Waals surface area contributed by atoms with Crippen molar-refractivity contribution in [3.8, 4) is 22.6 Å². The van der Waals surface area contributed by atoms with Crippen LogP contribution in [0.2, 0.25) is 0 Å². The number of nitrogens with zero attached hydrogens (tertiary/aromatic N) is 4. The fourth-order valence-electron chi connectivity index (χ4n) is 4.39. The first-order chi connectivity index (χ1) is 19.8. The number of thiazole rings is 1. The molecular formula is C29H23N7O3S2. The Morgan fingerprint density at radius 1 is 0.927 bits per heavy atom. The molecule has 10 nitrogen and oxygen atoms in total. The van der Waals surface area contributed by atoms with Gasteiger partial charge in [-0.25, -0.2) is 28.5 Å². The van der Waals surface area contributed by atoms with Crippen LogP contribution in [0, 0.1) is 0 Å². The summed E-state index contributed by atoms with van der Waals surface area (Å²) in [6.07, 6.45) is 3.80. The molecule has 0 aliphatic rings. The number of sulfonamides is 1. The van der Waals surface area contributed by atoms with Crippen molar-refractivity contribution in [1.82, 2.24) is 19.4 Å². The third-order valence-corrected chi connectivity index (χ3v) is 7.87. The van der Waals surface area contributed by atoms with Crippen LogP contribution in [0.1, 0.15) is 5.56 Å². The van der Waals surface area contributed by atoms with Crippen LogP contribution < -0.4 is 15.8 Å². The zero-order valence-electron chi connectivity index (χ0n) is 21.4. The molecule has 0 saturated heterocycles. The van der Waals surface area contributed by atoms with Crippen LogP contribution in [0.3, 0.4) is 0 Å². The Kier molecular flexibility index (Phi) is 7.01. The average molecular weight is 582 g/mol. The fraction of sp³-hybridized carbons (Fsp3) is 0.0345. The van der Waals surface area contributed by atoms with Gasteiger partial charge in [-0.3, -0.25) is 9.20 Å². The van der Waals surface area contributed by atoms with Crippen molar-refractivity contribution in [2.24, 2.45) is 5.14 Å². The van der Waals surface area contributed by atoms with E-state index in [0.29, 0.717) is 22.8 Å². The fourth-order valence-corrected chi connectivity index (χ4v) is 5.67. The van der Waals surface area contributed by atoms with Crippen molar-refractivity contribution >= 4 is 49.6 Å². The molecule has 3 aromatic heterocycles. The summed E-state index contributed by atoms with van der Waals surface area (Å²) in [6, 6.07) is 25.0. The molecule has 41 heavy (non-hydrogen) atoms. The SMILES string of the molecule is NS(=O)(=O)c1cccc(Nc2nccc(-c3c(-c4cccc(NC(=O)Cc5ccccc5)c4)nc4sccn34)n2)c1. The van der Waals surface area contributed by atoms with Gasteiger partial charge in [-0.05, 0) is 42.0 Å². The Labute approximate surface area is 239 Å². The minimum absolute atomic E-state index is 0.0209. The Balaban J connectivity index is 1.32. The van der Waals surface area contributed by atoms with Crippen LogP contribution in [0.25, 0.3) is 27.6 Å². The van der Waals surface area contributed by atoms with Crippen LogP contribution >= 0.6 is 11.3 Å². The Morgan fingerprint density at radius 3 is 2.56 bits per heavy atom. The first-order valence-corrected chi connectivity index (χ1v) is 14.9. The van der Waals surface area contributed by atoms with Gasteiger partial charge in [0.2, 0.25) is 21.9 Å². The van der Waals surface area contributed by atoms with E-state index >= 15 is 0 Å². The summed E-state index contributed by atoms with van der Waals surface area (Å²) >= 11 is 1.49. The second-order valence-corrected chi connectivity index (χ2v) is 11.6. The summed E-state index contributed by atoms with van der Waals surface area (Å²) in [5.41, 5.74) is 4.91. The maximum atomic E-state index is 12.7. The topological polar surface area (TPSA) is 144 Å². The normalized spacial score (nSPS) is 11.4. The summed E-state index contributed by atoms with van der Waals surface area (Å²) in [6.45, 7) is 0. The third kappa shape index (κ3) is 5.84. The first-order valence-electron chi connectivity index (χ1n) is 12.5. The van der Waals surface area contributed by atoms with E-state index in [0.717, 1.165) is 21.8 Å². The van der Waals surface area contributed by atoms with Crippen molar-refractivity contribution in [2.45, 2.75) is 11.3 Å². The van der Waals surface area contributed by atoms with E-state index in [-0.39, 0.29) is 23.2 Å². The molecule has 0 spiro atoms. The quantitative estimate of drug-likeness (QED) is 0.227. The number of hydrogen-bond donors (Lipinski definition) is 3. The Morgan fingerprint density at radius 2 is 1.73 bits per heavy atom. The molecule has 3 aromatic carbocycles. The number of nitrogens with one attached hydrogen (secondary N) is 2. The smallest absolute Gasteiger partial charge is 0.238 e. The minimum Gasteiger partial charge on any atom is -0.326 e. The number of nitrogens with two attached hydrogens (primary N) is 1. The lowest BCUT2D eigenvalue weighted by atomic mass is 10.1. The van der Waals surface area contributed by atoms with E-state index in [2.05, 4.69) is 15.6 Å². The number of carbonyl (C=O) groups is 1. The average Bonchev–Trinajstić information content (AvgIpc) is 3.55. The molecule has 0 fully saturated rings. The molecule has 0 atom stereocenters. The lowest BCUT2D eigenvalue weighted by molar-refractivity contribution is -0.115. The van der Waals surface area contributed by atoms with Crippen molar-refractivity contribution in [3.05, 3.63) is 108 Å². The summed E-state index contributed by atoms with van der Waals surface area (Å²) in [5, 5.41) is 13.2. The predicted octanol–water partition coefficient (Wildman–Crippen LogP) is 5.09. The maximum absolute atomic E-state index is 12.7. The van der Waals surface area contributed by atoms with Gasteiger partial charge in [0.05, 0.1) is 22.7 Å². The molecule has 3 heterocycles. The van der Waals surface area contributed by atoms with Gasteiger partial charge in [-0.15, -0.1) is 11.3 Å². The van der Waals surface area contributed by atoms with Gasteiger partial charge in [0, 0.05) is 34.7 Å². The molecule has 0 aliphatic carbocycles. The number of benzene rings is 3. The van der Waals surface area contributed by atoms with E-state index in [1.807, 2.05) is 70.6 Å². The number of fused-ring (bicyclic) bond motifs is 1. The number of imidazole rings is 1. The van der Waals surface area contributed by atoms with Crippen molar-refractivity contribution in [3.63, 3.8) is 0 Å². The summed E-state index contributed by atoms with van der Waals surface area (Å²) in [7, 11) is -3.86. The highest BCUT2D eigenvalue weighted by molar-refractivity contribution is 7.89. The summed E-state index contributed by atoms with van der Waals surface area (Å²) in [4.78, 5) is 27.3. The van der Waals surface area contributed by atoms with Crippen LogP contribution in [0.5, 0.6) is 0 Å². The molecule has 0 radical (unpaired) electrons. The lowest BCUT2D eigenvalue weighted by Gasteiger charge is -2.10. The molecule has 1 amide bonds.